The van der Waals surface area contributed by atoms with Crippen LogP contribution in [-0.4, -0.2) is 17.4 Å². The Labute approximate surface area is 112 Å². The van der Waals surface area contributed by atoms with Crippen LogP contribution in [0.25, 0.3) is 0 Å². The summed E-state index contributed by atoms with van der Waals surface area (Å²) in [6, 6.07) is 4.32. The summed E-state index contributed by atoms with van der Waals surface area (Å²) >= 11 is 3.29. The number of carbonyl (C=O) groups is 1. The molecule has 1 saturated heterocycles. The van der Waals surface area contributed by atoms with E-state index in [1.54, 1.807) is 6.07 Å². The minimum absolute atomic E-state index is 0.0508. The van der Waals surface area contributed by atoms with Crippen molar-refractivity contribution in [1.29, 1.82) is 0 Å². The molecule has 92 valence electrons. The molecule has 1 heterocycles. The molecule has 0 aromatic heterocycles. The van der Waals surface area contributed by atoms with Crippen LogP contribution in [0.5, 0.6) is 0 Å². The largest absolute Gasteiger partial charge is 0.310 e. The molecule has 0 radical (unpaired) electrons. The SMILES string of the molecule is C#CC1CC(=O)N(c2cc([N+](=O)[O-])ccc2Br)C1. The first-order valence-corrected chi connectivity index (χ1v) is 6.02. The first-order valence-electron chi connectivity index (χ1n) is 5.23. The van der Waals surface area contributed by atoms with Crippen molar-refractivity contribution in [2.45, 2.75) is 6.42 Å². The van der Waals surface area contributed by atoms with Gasteiger partial charge in [-0.3, -0.25) is 14.9 Å². The average molecular weight is 309 g/mol. The Kier molecular flexibility index (Phi) is 3.34. The lowest BCUT2D eigenvalue weighted by Gasteiger charge is -2.17. The van der Waals surface area contributed by atoms with E-state index in [0.29, 0.717) is 16.7 Å². The molecule has 1 unspecified atom stereocenters. The van der Waals surface area contributed by atoms with Gasteiger partial charge in [-0.05, 0) is 22.0 Å². The molecular formula is C12H9BrN2O3. The number of anilines is 1. The number of nitro groups is 1. The fourth-order valence-corrected chi connectivity index (χ4v) is 2.33. The average Bonchev–Trinajstić information content (AvgIpc) is 2.71. The maximum Gasteiger partial charge on any atom is 0.271 e. The lowest BCUT2D eigenvalue weighted by Crippen LogP contribution is -2.24. The molecule has 18 heavy (non-hydrogen) atoms. The van der Waals surface area contributed by atoms with Gasteiger partial charge in [0.15, 0.2) is 0 Å². The highest BCUT2D eigenvalue weighted by molar-refractivity contribution is 9.10. The van der Waals surface area contributed by atoms with Crippen molar-refractivity contribution in [1.82, 2.24) is 0 Å². The molecule has 5 nitrogen and oxygen atoms in total. The monoisotopic (exact) mass is 308 g/mol. The van der Waals surface area contributed by atoms with Crippen LogP contribution in [0.3, 0.4) is 0 Å². The van der Waals surface area contributed by atoms with Crippen LogP contribution in [0.4, 0.5) is 11.4 Å². The van der Waals surface area contributed by atoms with E-state index in [1.165, 1.54) is 17.0 Å². The number of non-ortho nitro benzene ring substituents is 1. The van der Waals surface area contributed by atoms with Crippen molar-refractivity contribution in [3.05, 3.63) is 32.8 Å². The summed E-state index contributed by atoms with van der Waals surface area (Å²) in [6.45, 7) is 0.398. The third kappa shape index (κ3) is 2.22. The maximum absolute atomic E-state index is 11.8. The highest BCUT2D eigenvalue weighted by Crippen LogP contribution is 2.34. The van der Waals surface area contributed by atoms with Gasteiger partial charge in [0.2, 0.25) is 5.91 Å². The Morgan fingerprint density at radius 3 is 2.83 bits per heavy atom. The first kappa shape index (κ1) is 12.6. The molecule has 1 aromatic carbocycles. The quantitative estimate of drug-likeness (QED) is 0.478. The predicted octanol–water partition coefficient (Wildman–Crippen LogP) is 2.34. The molecule has 0 saturated carbocycles. The Bertz CT molecular complexity index is 565. The van der Waals surface area contributed by atoms with E-state index in [0.717, 1.165) is 0 Å². The van der Waals surface area contributed by atoms with Gasteiger partial charge in [-0.2, -0.15) is 0 Å². The smallest absolute Gasteiger partial charge is 0.271 e. The number of carbonyl (C=O) groups excluding carboxylic acids is 1. The Hall–Kier alpha value is -1.87. The zero-order valence-corrected chi connectivity index (χ0v) is 10.9. The second-order valence-corrected chi connectivity index (χ2v) is 4.82. The van der Waals surface area contributed by atoms with Crippen LogP contribution in [0, 0.1) is 28.4 Å². The van der Waals surface area contributed by atoms with Crippen LogP contribution in [0.1, 0.15) is 6.42 Å². The molecule has 1 aromatic rings. The van der Waals surface area contributed by atoms with Gasteiger partial charge >= 0.3 is 0 Å². The molecular weight excluding hydrogens is 300 g/mol. The molecule has 0 bridgehead atoms. The molecule has 6 heteroatoms. The zero-order valence-electron chi connectivity index (χ0n) is 9.30. The highest BCUT2D eigenvalue weighted by atomic mass is 79.9. The van der Waals surface area contributed by atoms with E-state index in [-0.39, 0.29) is 23.9 Å². The number of benzene rings is 1. The van der Waals surface area contributed by atoms with Crippen molar-refractivity contribution in [3.8, 4) is 12.3 Å². The van der Waals surface area contributed by atoms with E-state index in [1.807, 2.05) is 0 Å². The number of nitrogens with zero attached hydrogens (tertiary/aromatic N) is 2. The summed E-state index contributed by atoms with van der Waals surface area (Å²) in [6.07, 6.45) is 5.59. The van der Waals surface area contributed by atoms with Crippen molar-refractivity contribution >= 4 is 33.2 Å². The standard InChI is InChI=1S/C12H9BrN2O3/c1-2-8-5-12(16)14(7-8)11-6-9(15(17)18)3-4-10(11)13/h1,3-4,6,8H,5,7H2. The van der Waals surface area contributed by atoms with Gasteiger partial charge in [0.1, 0.15) is 0 Å². The molecule has 1 aliphatic heterocycles. The molecule has 2 rings (SSSR count). The van der Waals surface area contributed by atoms with Gasteiger partial charge in [0.25, 0.3) is 5.69 Å². The van der Waals surface area contributed by atoms with Crippen molar-refractivity contribution in [2.75, 3.05) is 11.4 Å². The summed E-state index contributed by atoms with van der Waals surface area (Å²) in [5.41, 5.74) is 0.442. The summed E-state index contributed by atoms with van der Waals surface area (Å²) in [7, 11) is 0. The first-order chi connectivity index (χ1) is 8.52. The predicted molar refractivity (Wildman–Crippen MR) is 70.1 cm³/mol. The highest BCUT2D eigenvalue weighted by Gasteiger charge is 2.31. The molecule has 1 atom stereocenters. The van der Waals surface area contributed by atoms with Crippen molar-refractivity contribution in [3.63, 3.8) is 0 Å². The van der Waals surface area contributed by atoms with Gasteiger partial charge in [0, 0.05) is 35.5 Å². The summed E-state index contributed by atoms with van der Waals surface area (Å²) < 4.78 is 0.638. The minimum Gasteiger partial charge on any atom is -0.310 e. The van der Waals surface area contributed by atoms with Gasteiger partial charge < -0.3 is 4.90 Å². The number of hydrogen-bond acceptors (Lipinski definition) is 3. The number of halogens is 1. The van der Waals surface area contributed by atoms with Crippen molar-refractivity contribution in [2.24, 2.45) is 5.92 Å². The number of amides is 1. The lowest BCUT2D eigenvalue weighted by molar-refractivity contribution is -0.384. The Balaban J connectivity index is 2.39. The van der Waals surface area contributed by atoms with Gasteiger partial charge in [0.05, 0.1) is 10.6 Å². The zero-order chi connectivity index (χ0) is 13.3. The van der Waals surface area contributed by atoms with E-state index < -0.39 is 4.92 Å². The fraction of sp³-hybridized carbons (Fsp3) is 0.250. The topological polar surface area (TPSA) is 63.5 Å². The van der Waals surface area contributed by atoms with E-state index >= 15 is 0 Å². The number of nitro benzene ring substituents is 1. The molecule has 0 N–H and O–H groups in total. The molecule has 1 fully saturated rings. The number of rotatable bonds is 2. The minimum atomic E-state index is -0.491. The number of hydrogen-bond donors (Lipinski definition) is 0. The molecule has 1 aliphatic rings. The third-order valence-electron chi connectivity index (χ3n) is 2.79. The van der Waals surface area contributed by atoms with Crippen LogP contribution in [-0.2, 0) is 4.79 Å². The normalized spacial score (nSPS) is 18.8. The van der Waals surface area contributed by atoms with Crippen LogP contribution >= 0.6 is 15.9 Å². The lowest BCUT2D eigenvalue weighted by atomic mass is 10.1. The van der Waals surface area contributed by atoms with Gasteiger partial charge in [-0.1, -0.05) is 0 Å². The van der Waals surface area contributed by atoms with E-state index in [9.17, 15) is 14.9 Å². The second kappa shape index (κ2) is 4.78. The van der Waals surface area contributed by atoms with Gasteiger partial charge in [-0.15, -0.1) is 12.3 Å². The van der Waals surface area contributed by atoms with E-state index in [2.05, 4.69) is 21.9 Å². The summed E-state index contributed by atoms with van der Waals surface area (Å²) in [5, 5.41) is 10.7. The Morgan fingerprint density at radius 1 is 1.56 bits per heavy atom. The second-order valence-electron chi connectivity index (χ2n) is 3.96. The number of terminal acetylenes is 1. The van der Waals surface area contributed by atoms with Gasteiger partial charge in [-0.25, -0.2) is 0 Å². The van der Waals surface area contributed by atoms with Crippen molar-refractivity contribution < 1.29 is 9.72 Å². The maximum atomic E-state index is 11.8. The Morgan fingerprint density at radius 2 is 2.28 bits per heavy atom. The molecule has 1 amide bonds. The third-order valence-corrected chi connectivity index (χ3v) is 3.46. The van der Waals surface area contributed by atoms with E-state index in [4.69, 9.17) is 6.42 Å². The van der Waals surface area contributed by atoms with Crippen LogP contribution in [0.15, 0.2) is 22.7 Å². The molecule has 0 aliphatic carbocycles. The molecule has 0 spiro atoms. The fourth-order valence-electron chi connectivity index (χ4n) is 1.87. The van der Waals surface area contributed by atoms with Crippen LogP contribution in [0.2, 0.25) is 0 Å². The van der Waals surface area contributed by atoms with Crippen LogP contribution < -0.4 is 4.90 Å². The summed E-state index contributed by atoms with van der Waals surface area (Å²) in [5.74, 6) is 2.29. The summed E-state index contributed by atoms with van der Waals surface area (Å²) in [4.78, 5) is 23.5.